The number of quaternary nitrogens is 1. The number of esters is 1. The first-order valence-electron chi connectivity index (χ1n) is 6.34. The number of carbonyl (C=O) groups excluding carboxylic acids is 2. The van der Waals surface area contributed by atoms with Crippen LogP contribution in [0.3, 0.4) is 0 Å². The Morgan fingerprint density at radius 3 is 2.37 bits per heavy atom. The normalized spacial score (nSPS) is 10.3. The summed E-state index contributed by atoms with van der Waals surface area (Å²) in [6, 6.07) is 6.51. The van der Waals surface area contributed by atoms with Crippen molar-refractivity contribution < 1.29 is 19.2 Å². The van der Waals surface area contributed by atoms with Gasteiger partial charge in [0.2, 0.25) is 0 Å². The van der Waals surface area contributed by atoms with E-state index in [-0.39, 0.29) is 11.9 Å². The topological polar surface area (TPSA) is 59.8 Å². The number of carbonyl (C=O) groups is 2. The second kappa shape index (κ2) is 7.53. The molecule has 0 unspecified atom stereocenters. The van der Waals surface area contributed by atoms with E-state index < -0.39 is 0 Å². The number of nitrogens with one attached hydrogen (secondary N) is 2. The zero-order valence-corrected chi connectivity index (χ0v) is 11.7. The number of amides is 1. The number of hydrogen-bond acceptors (Lipinski definition) is 3. The van der Waals surface area contributed by atoms with E-state index in [1.54, 1.807) is 24.3 Å². The van der Waals surface area contributed by atoms with E-state index in [4.69, 9.17) is 4.74 Å². The van der Waals surface area contributed by atoms with E-state index in [0.29, 0.717) is 17.9 Å². The minimum Gasteiger partial charge on any atom is -0.427 e. The highest BCUT2D eigenvalue weighted by Gasteiger charge is 2.06. The van der Waals surface area contributed by atoms with Crippen molar-refractivity contribution >= 4 is 11.9 Å². The van der Waals surface area contributed by atoms with Gasteiger partial charge in [-0.25, -0.2) is 0 Å². The molecule has 104 valence electrons. The van der Waals surface area contributed by atoms with Crippen LogP contribution >= 0.6 is 0 Å². The zero-order valence-electron chi connectivity index (χ0n) is 11.7. The van der Waals surface area contributed by atoms with Crippen molar-refractivity contribution in [3.8, 4) is 5.75 Å². The molecule has 0 heterocycles. The fourth-order valence-corrected chi connectivity index (χ4v) is 1.59. The van der Waals surface area contributed by atoms with Gasteiger partial charge in [-0.15, -0.1) is 0 Å². The lowest BCUT2D eigenvalue weighted by Crippen LogP contribution is -3.05. The van der Waals surface area contributed by atoms with Crippen molar-refractivity contribution in [2.45, 2.75) is 13.3 Å². The largest absolute Gasteiger partial charge is 0.427 e. The molecule has 0 saturated carbocycles. The fraction of sp³-hybridized carbons (Fsp3) is 0.429. The van der Waals surface area contributed by atoms with Crippen molar-refractivity contribution in [1.29, 1.82) is 0 Å². The van der Waals surface area contributed by atoms with Crippen molar-refractivity contribution in [3.63, 3.8) is 0 Å². The van der Waals surface area contributed by atoms with Crippen LogP contribution in [0.5, 0.6) is 5.75 Å². The van der Waals surface area contributed by atoms with Crippen LogP contribution in [0.1, 0.15) is 23.7 Å². The molecule has 19 heavy (non-hydrogen) atoms. The second-order valence-corrected chi connectivity index (χ2v) is 4.68. The SMILES string of the molecule is CC(=O)Oc1ccc(C(=O)NCCC[NH+](C)C)cc1. The fourth-order valence-electron chi connectivity index (χ4n) is 1.59. The molecule has 0 atom stereocenters. The first-order valence-corrected chi connectivity index (χ1v) is 6.34. The average Bonchev–Trinajstić information content (AvgIpc) is 2.34. The Kier molecular flexibility index (Phi) is 6.02. The molecule has 0 bridgehead atoms. The number of rotatable bonds is 6. The van der Waals surface area contributed by atoms with Gasteiger partial charge in [0.1, 0.15) is 5.75 Å². The van der Waals surface area contributed by atoms with Crippen LogP contribution in [0.25, 0.3) is 0 Å². The van der Waals surface area contributed by atoms with E-state index >= 15 is 0 Å². The minimum absolute atomic E-state index is 0.108. The standard InChI is InChI=1S/C14H20N2O3/c1-11(17)19-13-7-5-12(6-8-13)14(18)15-9-4-10-16(2)3/h5-8H,4,9-10H2,1-3H3,(H,15,18)/p+1. The molecule has 0 aliphatic rings. The first-order chi connectivity index (χ1) is 8.99. The monoisotopic (exact) mass is 265 g/mol. The molecule has 0 radical (unpaired) electrons. The molecule has 0 spiro atoms. The maximum atomic E-state index is 11.8. The summed E-state index contributed by atoms with van der Waals surface area (Å²) < 4.78 is 4.90. The minimum atomic E-state index is -0.372. The molecule has 1 rings (SSSR count). The Bertz CT molecular complexity index is 427. The van der Waals surface area contributed by atoms with Crippen molar-refractivity contribution in [2.24, 2.45) is 0 Å². The molecular weight excluding hydrogens is 244 g/mol. The highest BCUT2D eigenvalue weighted by molar-refractivity contribution is 5.94. The summed E-state index contributed by atoms with van der Waals surface area (Å²) in [5.74, 6) is -0.0354. The molecule has 1 aromatic rings. The van der Waals surface area contributed by atoms with E-state index in [9.17, 15) is 9.59 Å². The van der Waals surface area contributed by atoms with Crippen molar-refractivity contribution in [2.75, 3.05) is 27.2 Å². The third-order valence-corrected chi connectivity index (χ3v) is 2.52. The summed E-state index contributed by atoms with van der Waals surface area (Å²) in [4.78, 5) is 23.9. The van der Waals surface area contributed by atoms with Gasteiger partial charge >= 0.3 is 5.97 Å². The Balaban J connectivity index is 2.42. The van der Waals surface area contributed by atoms with Crippen LogP contribution in [0, 0.1) is 0 Å². The first kappa shape index (κ1) is 15.2. The molecule has 5 heteroatoms. The highest BCUT2D eigenvalue weighted by Crippen LogP contribution is 2.12. The quantitative estimate of drug-likeness (QED) is 0.428. The number of hydrogen-bond donors (Lipinski definition) is 2. The van der Waals surface area contributed by atoms with Gasteiger partial charge in [0.25, 0.3) is 5.91 Å². The van der Waals surface area contributed by atoms with Gasteiger partial charge < -0.3 is 15.0 Å². The van der Waals surface area contributed by atoms with Crippen LogP contribution < -0.4 is 15.0 Å². The van der Waals surface area contributed by atoms with Crippen LogP contribution in [-0.2, 0) is 4.79 Å². The lowest BCUT2D eigenvalue weighted by molar-refractivity contribution is -0.858. The average molecular weight is 265 g/mol. The second-order valence-electron chi connectivity index (χ2n) is 4.68. The number of ether oxygens (including phenoxy) is 1. The Morgan fingerprint density at radius 1 is 1.21 bits per heavy atom. The van der Waals surface area contributed by atoms with Crippen LogP contribution in [0.2, 0.25) is 0 Å². The van der Waals surface area contributed by atoms with Gasteiger partial charge in [-0.05, 0) is 24.3 Å². The molecule has 2 N–H and O–H groups in total. The van der Waals surface area contributed by atoms with Crippen LogP contribution in [-0.4, -0.2) is 39.1 Å². The maximum Gasteiger partial charge on any atom is 0.308 e. The van der Waals surface area contributed by atoms with Gasteiger partial charge in [0.15, 0.2) is 0 Å². The Hall–Kier alpha value is -1.88. The third kappa shape index (κ3) is 6.01. The van der Waals surface area contributed by atoms with E-state index in [1.807, 2.05) is 0 Å². The van der Waals surface area contributed by atoms with Crippen LogP contribution in [0.15, 0.2) is 24.3 Å². The van der Waals surface area contributed by atoms with E-state index in [0.717, 1.165) is 13.0 Å². The van der Waals surface area contributed by atoms with Crippen molar-refractivity contribution in [1.82, 2.24) is 5.32 Å². The predicted molar refractivity (Wildman–Crippen MR) is 72.4 cm³/mol. The molecule has 5 nitrogen and oxygen atoms in total. The van der Waals surface area contributed by atoms with Gasteiger partial charge in [0, 0.05) is 25.5 Å². The van der Waals surface area contributed by atoms with E-state index in [1.165, 1.54) is 11.8 Å². The maximum absolute atomic E-state index is 11.8. The molecular formula is C14H21N2O3+. The van der Waals surface area contributed by atoms with Gasteiger partial charge in [-0.2, -0.15) is 0 Å². The molecule has 0 aliphatic carbocycles. The lowest BCUT2D eigenvalue weighted by atomic mass is 10.2. The molecule has 0 saturated heterocycles. The highest BCUT2D eigenvalue weighted by atomic mass is 16.5. The summed E-state index contributed by atoms with van der Waals surface area (Å²) in [6.07, 6.45) is 0.944. The molecule has 1 amide bonds. The summed E-state index contributed by atoms with van der Waals surface area (Å²) in [7, 11) is 4.16. The van der Waals surface area contributed by atoms with Crippen molar-refractivity contribution in [3.05, 3.63) is 29.8 Å². The van der Waals surface area contributed by atoms with Crippen LogP contribution in [0.4, 0.5) is 0 Å². The molecule has 0 aliphatic heterocycles. The summed E-state index contributed by atoms with van der Waals surface area (Å²) in [5, 5.41) is 2.85. The molecule has 0 aromatic heterocycles. The Labute approximate surface area is 113 Å². The van der Waals surface area contributed by atoms with E-state index in [2.05, 4.69) is 19.4 Å². The zero-order chi connectivity index (χ0) is 14.3. The lowest BCUT2D eigenvalue weighted by Gasteiger charge is -2.08. The smallest absolute Gasteiger partial charge is 0.308 e. The molecule has 0 fully saturated rings. The summed E-state index contributed by atoms with van der Waals surface area (Å²) in [5.41, 5.74) is 0.563. The predicted octanol–water partition coefficient (Wildman–Crippen LogP) is -0.124. The summed E-state index contributed by atoms with van der Waals surface area (Å²) >= 11 is 0. The molecule has 1 aromatic carbocycles. The summed E-state index contributed by atoms with van der Waals surface area (Å²) in [6.45, 7) is 3.02. The Morgan fingerprint density at radius 2 is 1.84 bits per heavy atom. The van der Waals surface area contributed by atoms with Gasteiger partial charge in [-0.3, -0.25) is 9.59 Å². The number of benzene rings is 1. The van der Waals surface area contributed by atoms with Gasteiger partial charge in [0.05, 0.1) is 20.6 Å². The third-order valence-electron chi connectivity index (χ3n) is 2.52. The van der Waals surface area contributed by atoms with Gasteiger partial charge in [-0.1, -0.05) is 0 Å².